The number of aromatic carboxylic acids is 1. The summed E-state index contributed by atoms with van der Waals surface area (Å²) >= 11 is 0. The van der Waals surface area contributed by atoms with Crippen molar-refractivity contribution in [1.82, 2.24) is 9.80 Å². The normalized spacial score (nSPS) is 26.2. The molecule has 2 fully saturated rings. The van der Waals surface area contributed by atoms with E-state index in [0.717, 1.165) is 37.3 Å². The SMILES string of the molecule is CN1C[C@H]2CN(Cc3cccc(C(=O)O)c3)C[C@H]2[C@@H]1c1cccc(F)c1. The monoisotopic (exact) mass is 354 g/mol. The highest BCUT2D eigenvalue weighted by Crippen LogP contribution is 2.44. The highest BCUT2D eigenvalue weighted by Gasteiger charge is 2.45. The summed E-state index contributed by atoms with van der Waals surface area (Å²) in [5.41, 5.74) is 2.41. The van der Waals surface area contributed by atoms with Crippen molar-refractivity contribution < 1.29 is 14.3 Å². The molecule has 2 saturated heterocycles. The Morgan fingerprint density at radius 1 is 1.15 bits per heavy atom. The number of benzene rings is 2. The quantitative estimate of drug-likeness (QED) is 0.915. The first kappa shape index (κ1) is 17.2. The van der Waals surface area contributed by atoms with Gasteiger partial charge in [-0.1, -0.05) is 24.3 Å². The van der Waals surface area contributed by atoms with Crippen molar-refractivity contribution in [2.24, 2.45) is 11.8 Å². The first-order valence-corrected chi connectivity index (χ1v) is 9.01. The number of fused-ring (bicyclic) bond motifs is 1. The third-order valence-corrected chi connectivity index (χ3v) is 5.74. The van der Waals surface area contributed by atoms with Crippen molar-refractivity contribution in [2.75, 3.05) is 26.7 Å². The van der Waals surface area contributed by atoms with Gasteiger partial charge in [0.15, 0.2) is 0 Å². The molecule has 0 saturated carbocycles. The van der Waals surface area contributed by atoms with Crippen LogP contribution in [0.1, 0.15) is 27.5 Å². The molecule has 0 amide bonds. The Kier molecular flexibility index (Phi) is 4.51. The number of likely N-dealkylation sites (tertiary alicyclic amines) is 2. The van der Waals surface area contributed by atoms with Crippen LogP contribution in [0.15, 0.2) is 48.5 Å². The molecule has 2 aromatic carbocycles. The van der Waals surface area contributed by atoms with E-state index in [4.69, 9.17) is 5.11 Å². The second-order valence-corrected chi connectivity index (χ2v) is 7.56. The smallest absolute Gasteiger partial charge is 0.335 e. The van der Waals surface area contributed by atoms with E-state index in [9.17, 15) is 9.18 Å². The molecule has 2 heterocycles. The van der Waals surface area contributed by atoms with Gasteiger partial charge in [0.25, 0.3) is 0 Å². The Bertz CT molecular complexity index is 825. The molecule has 2 aliphatic heterocycles. The van der Waals surface area contributed by atoms with E-state index in [-0.39, 0.29) is 11.9 Å². The fraction of sp³-hybridized carbons (Fsp3) is 0.381. The standard InChI is InChI=1S/C21H23FN2O2/c1-23-11-17-12-24(10-14-4-2-6-16(8-14)21(25)26)13-19(17)20(23)15-5-3-7-18(22)9-15/h2-9,17,19-20H,10-13H2,1H3,(H,25,26)/t17-,19+,20-/m0/s1. The van der Waals surface area contributed by atoms with Crippen molar-refractivity contribution in [1.29, 1.82) is 0 Å². The number of hydrogen-bond donors (Lipinski definition) is 1. The predicted molar refractivity (Wildman–Crippen MR) is 97.4 cm³/mol. The molecule has 0 spiro atoms. The van der Waals surface area contributed by atoms with Crippen LogP contribution >= 0.6 is 0 Å². The molecule has 5 heteroatoms. The van der Waals surface area contributed by atoms with Gasteiger partial charge in [-0.15, -0.1) is 0 Å². The van der Waals surface area contributed by atoms with Crippen LogP contribution in [0.3, 0.4) is 0 Å². The number of carboxylic acid groups (broad SMARTS) is 1. The van der Waals surface area contributed by atoms with Gasteiger partial charge in [-0.3, -0.25) is 9.80 Å². The van der Waals surface area contributed by atoms with Gasteiger partial charge >= 0.3 is 5.97 Å². The van der Waals surface area contributed by atoms with Crippen molar-refractivity contribution in [3.8, 4) is 0 Å². The first-order chi connectivity index (χ1) is 12.5. The third-order valence-electron chi connectivity index (χ3n) is 5.74. The zero-order valence-corrected chi connectivity index (χ0v) is 14.8. The molecule has 136 valence electrons. The van der Waals surface area contributed by atoms with Crippen LogP contribution in [-0.2, 0) is 6.54 Å². The molecule has 2 aromatic rings. The fourth-order valence-electron chi connectivity index (χ4n) is 4.73. The molecular weight excluding hydrogens is 331 g/mol. The number of carbonyl (C=O) groups is 1. The lowest BCUT2D eigenvalue weighted by atomic mass is 9.89. The Morgan fingerprint density at radius 3 is 2.73 bits per heavy atom. The molecule has 0 bridgehead atoms. The molecule has 4 nitrogen and oxygen atoms in total. The molecule has 0 radical (unpaired) electrons. The maximum Gasteiger partial charge on any atom is 0.335 e. The molecule has 3 atom stereocenters. The van der Waals surface area contributed by atoms with E-state index in [0.29, 0.717) is 17.4 Å². The molecule has 0 aliphatic carbocycles. The van der Waals surface area contributed by atoms with Crippen molar-refractivity contribution in [2.45, 2.75) is 12.6 Å². The topological polar surface area (TPSA) is 43.8 Å². The summed E-state index contributed by atoms with van der Waals surface area (Å²) in [4.78, 5) is 15.9. The molecule has 4 rings (SSSR count). The second-order valence-electron chi connectivity index (χ2n) is 7.56. The van der Waals surface area contributed by atoms with Crippen LogP contribution in [0.4, 0.5) is 4.39 Å². The minimum Gasteiger partial charge on any atom is -0.478 e. The van der Waals surface area contributed by atoms with Crippen LogP contribution in [0.25, 0.3) is 0 Å². The molecular formula is C21H23FN2O2. The van der Waals surface area contributed by atoms with Gasteiger partial charge in [-0.05, 0) is 54.3 Å². The van der Waals surface area contributed by atoms with Crippen LogP contribution in [-0.4, -0.2) is 47.6 Å². The summed E-state index contributed by atoms with van der Waals surface area (Å²) in [5.74, 6) is -0.0296. The lowest BCUT2D eigenvalue weighted by Crippen LogP contribution is -2.29. The average Bonchev–Trinajstić information content (AvgIpc) is 3.10. The van der Waals surface area contributed by atoms with Gasteiger partial charge in [-0.25, -0.2) is 9.18 Å². The van der Waals surface area contributed by atoms with Gasteiger partial charge in [0.05, 0.1) is 5.56 Å². The van der Waals surface area contributed by atoms with E-state index in [2.05, 4.69) is 16.8 Å². The van der Waals surface area contributed by atoms with Gasteiger partial charge in [0, 0.05) is 32.2 Å². The largest absolute Gasteiger partial charge is 0.478 e. The Balaban J connectivity index is 1.49. The van der Waals surface area contributed by atoms with Gasteiger partial charge in [0.1, 0.15) is 5.82 Å². The van der Waals surface area contributed by atoms with E-state index >= 15 is 0 Å². The van der Waals surface area contributed by atoms with Gasteiger partial charge in [0.2, 0.25) is 0 Å². The lowest BCUT2D eigenvalue weighted by Gasteiger charge is -2.27. The van der Waals surface area contributed by atoms with Crippen LogP contribution in [0, 0.1) is 17.7 Å². The van der Waals surface area contributed by atoms with Crippen LogP contribution in [0.5, 0.6) is 0 Å². The molecule has 26 heavy (non-hydrogen) atoms. The Hall–Kier alpha value is -2.24. The fourth-order valence-corrected chi connectivity index (χ4v) is 4.73. The van der Waals surface area contributed by atoms with Crippen LogP contribution < -0.4 is 0 Å². The van der Waals surface area contributed by atoms with E-state index in [1.807, 2.05) is 12.1 Å². The minimum atomic E-state index is -0.891. The number of carboxylic acids is 1. The van der Waals surface area contributed by atoms with E-state index < -0.39 is 5.97 Å². The van der Waals surface area contributed by atoms with Crippen molar-refractivity contribution >= 4 is 5.97 Å². The van der Waals surface area contributed by atoms with Crippen molar-refractivity contribution in [3.63, 3.8) is 0 Å². The summed E-state index contributed by atoms with van der Waals surface area (Å²) in [6, 6.07) is 14.4. The zero-order chi connectivity index (χ0) is 18.3. The minimum absolute atomic E-state index is 0.181. The Labute approximate surface area is 152 Å². The summed E-state index contributed by atoms with van der Waals surface area (Å²) < 4.78 is 13.7. The van der Waals surface area contributed by atoms with Crippen molar-refractivity contribution in [3.05, 3.63) is 71.0 Å². The molecule has 0 unspecified atom stereocenters. The summed E-state index contributed by atoms with van der Waals surface area (Å²) in [5, 5.41) is 9.16. The Morgan fingerprint density at radius 2 is 1.96 bits per heavy atom. The zero-order valence-electron chi connectivity index (χ0n) is 14.8. The van der Waals surface area contributed by atoms with E-state index in [1.54, 1.807) is 30.3 Å². The highest BCUT2D eigenvalue weighted by molar-refractivity contribution is 5.87. The molecule has 0 aromatic heterocycles. The maximum atomic E-state index is 13.7. The first-order valence-electron chi connectivity index (χ1n) is 9.01. The van der Waals surface area contributed by atoms with Gasteiger partial charge in [-0.2, -0.15) is 0 Å². The number of halogens is 1. The number of hydrogen-bond acceptors (Lipinski definition) is 3. The highest BCUT2D eigenvalue weighted by atomic mass is 19.1. The maximum absolute atomic E-state index is 13.7. The predicted octanol–water partition coefficient (Wildman–Crippen LogP) is 3.26. The third kappa shape index (κ3) is 3.24. The average molecular weight is 354 g/mol. The summed E-state index contributed by atoms with van der Waals surface area (Å²) in [6.07, 6.45) is 0. The van der Waals surface area contributed by atoms with E-state index in [1.165, 1.54) is 6.07 Å². The summed E-state index contributed by atoms with van der Waals surface area (Å²) in [7, 11) is 2.12. The number of nitrogens with zero attached hydrogens (tertiary/aromatic N) is 2. The summed E-state index contributed by atoms with van der Waals surface area (Å²) in [6.45, 7) is 3.72. The lowest BCUT2D eigenvalue weighted by molar-refractivity contribution is 0.0696. The van der Waals surface area contributed by atoms with Crippen LogP contribution in [0.2, 0.25) is 0 Å². The molecule has 1 N–H and O–H groups in total. The second kappa shape index (κ2) is 6.82. The number of rotatable bonds is 4. The van der Waals surface area contributed by atoms with Gasteiger partial charge < -0.3 is 5.11 Å². The molecule has 2 aliphatic rings.